The van der Waals surface area contributed by atoms with E-state index < -0.39 is 38.7 Å². The third kappa shape index (κ3) is 1.99. The highest BCUT2D eigenvalue weighted by atomic mass is 16.6. The van der Waals surface area contributed by atoms with Crippen LogP contribution in [0.2, 0.25) is 0 Å². The summed E-state index contributed by atoms with van der Waals surface area (Å²) < 4.78 is 0. The monoisotopic (exact) mass is 244 g/mol. The summed E-state index contributed by atoms with van der Waals surface area (Å²) in [5.74, 6) is -1.64. The van der Waals surface area contributed by atoms with E-state index in [-0.39, 0.29) is 0 Å². The van der Waals surface area contributed by atoms with Crippen LogP contribution >= 0.6 is 0 Å². The fourth-order valence-electron chi connectivity index (χ4n) is 1.41. The minimum Gasteiger partial charge on any atom is -0.478 e. The van der Waals surface area contributed by atoms with Crippen LogP contribution < -0.4 is 0 Å². The zero-order valence-corrected chi connectivity index (χ0v) is 8.56. The molecule has 2 atom stereocenters. The molecule has 0 bridgehead atoms. The number of rotatable bonds is 3. The highest BCUT2D eigenvalue weighted by Gasteiger charge is 2.51. The van der Waals surface area contributed by atoms with Gasteiger partial charge in [0.15, 0.2) is 6.10 Å². The molecule has 0 heterocycles. The summed E-state index contributed by atoms with van der Waals surface area (Å²) in [6.45, 7) is 0.914. The average Bonchev–Trinajstić information content (AvgIpc) is 2.20. The number of carboxylic acids is 1. The van der Waals surface area contributed by atoms with Crippen LogP contribution in [0.3, 0.4) is 0 Å². The second-order valence-corrected chi connectivity index (χ2v) is 3.62. The minimum absolute atomic E-state index is 0.609. The smallest absolute Gasteiger partial charge is 0.334 e. The van der Waals surface area contributed by atoms with Gasteiger partial charge in [-0.05, 0) is 0 Å². The van der Waals surface area contributed by atoms with Gasteiger partial charge in [-0.15, -0.1) is 0 Å². The maximum absolute atomic E-state index is 10.8. The molecule has 2 N–H and O–H groups in total. The number of aliphatic hydroxyl groups is 1. The first-order valence-electron chi connectivity index (χ1n) is 4.35. The summed E-state index contributed by atoms with van der Waals surface area (Å²) in [5.41, 5.74) is -3.74. The molecule has 0 spiro atoms. The lowest BCUT2D eigenvalue weighted by Crippen LogP contribution is -2.49. The number of carboxylic acid groups (broad SMARTS) is 1. The number of nitrogens with zero attached hydrogens (tertiary/aromatic N) is 2. The van der Waals surface area contributed by atoms with Crippen LogP contribution in [0.4, 0.5) is 0 Å². The van der Waals surface area contributed by atoms with E-state index in [1.807, 2.05) is 0 Å². The van der Waals surface area contributed by atoms with E-state index in [1.54, 1.807) is 0 Å². The Morgan fingerprint density at radius 1 is 1.47 bits per heavy atom. The highest BCUT2D eigenvalue weighted by molar-refractivity contribution is 5.89. The number of carbonyl (C=O) groups is 1. The van der Waals surface area contributed by atoms with Crippen LogP contribution in [-0.2, 0) is 4.79 Å². The Kier molecular flexibility index (Phi) is 2.96. The summed E-state index contributed by atoms with van der Waals surface area (Å²) in [6.07, 6.45) is -0.707. The molecule has 17 heavy (non-hydrogen) atoms. The minimum atomic E-state index is -2.23. The summed E-state index contributed by atoms with van der Waals surface area (Å²) in [7, 11) is 0. The van der Waals surface area contributed by atoms with Gasteiger partial charge in [0.25, 0.3) is 11.2 Å². The van der Waals surface area contributed by atoms with E-state index in [0.717, 1.165) is 6.92 Å². The lowest BCUT2D eigenvalue weighted by atomic mass is 9.84. The van der Waals surface area contributed by atoms with Gasteiger partial charge in [0, 0.05) is 17.9 Å². The van der Waals surface area contributed by atoms with Crippen LogP contribution in [0, 0.1) is 20.2 Å². The maximum atomic E-state index is 10.8. The highest BCUT2D eigenvalue weighted by Crippen LogP contribution is 2.29. The van der Waals surface area contributed by atoms with Gasteiger partial charge in [-0.25, -0.2) is 4.79 Å². The zero-order valence-electron chi connectivity index (χ0n) is 8.56. The van der Waals surface area contributed by atoms with Gasteiger partial charge in [0.1, 0.15) is 0 Å². The predicted molar refractivity (Wildman–Crippen MR) is 52.2 cm³/mol. The van der Waals surface area contributed by atoms with Gasteiger partial charge in [0.2, 0.25) is 0 Å². The Balaban J connectivity index is 3.40. The summed E-state index contributed by atoms with van der Waals surface area (Å²) in [6, 6.07) is 0. The van der Waals surface area contributed by atoms with Crippen molar-refractivity contribution in [3.63, 3.8) is 0 Å². The van der Waals surface area contributed by atoms with E-state index in [9.17, 15) is 30.1 Å². The van der Waals surface area contributed by atoms with E-state index in [1.165, 1.54) is 0 Å². The maximum Gasteiger partial charge on any atom is 0.334 e. The number of hydrogen-bond acceptors (Lipinski definition) is 6. The van der Waals surface area contributed by atoms with Crippen LogP contribution in [0.25, 0.3) is 0 Å². The molecule has 2 unspecified atom stereocenters. The van der Waals surface area contributed by atoms with Gasteiger partial charge in [-0.2, -0.15) is 0 Å². The number of aliphatic carboxylic acids is 1. The molecule has 1 rings (SSSR count). The zero-order chi connectivity index (χ0) is 13.4. The fraction of sp³-hybridized carbons (Fsp3) is 0.375. The van der Waals surface area contributed by atoms with Crippen molar-refractivity contribution in [1.82, 2.24) is 0 Å². The Hall–Kier alpha value is -2.29. The van der Waals surface area contributed by atoms with Crippen molar-refractivity contribution >= 4 is 5.97 Å². The molecule has 9 nitrogen and oxygen atoms in total. The first kappa shape index (κ1) is 12.8. The number of allylic oxidation sites excluding steroid dienone is 1. The van der Waals surface area contributed by atoms with Crippen molar-refractivity contribution in [2.75, 3.05) is 0 Å². The fourth-order valence-corrected chi connectivity index (χ4v) is 1.41. The van der Waals surface area contributed by atoms with E-state index in [0.29, 0.717) is 12.2 Å². The molecular formula is C8H8N2O7. The number of nitro groups is 2. The first-order chi connectivity index (χ1) is 7.70. The first-order valence-corrected chi connectivity index (χ1v) is 4.35. The Morgan fingerprint density at radius 3 is 2.35 bits per heavy atom. The molecule has 1 aliphatic rings. The van der Waals surface area contributed by atoms with Crippen molar-refractivity contribution in [2.24, 2.45) is 0 Å². The standard InChI is InChI=1S/C8H8N2O7/c1-8(10(16)17)3-4(9(14)15)2-5(6(8)11)7(12)13/h2-3,6,11H,1H3,(H,12,13). The van der Waals surface area contributed by atoms with Gasteiger partial charge in [-0.1, -0.05) is 0 Å². The van der Waals surface area contributed by atoms with Crippen LogP contribution in [0.5, 0.6) is 0 Å². The van der Waals surface area contributed by atoms with Gasteiger partial charge >= 0.3 is 5.97 Å². The van der Waals surface area contributed by atoms with Gasteiger partial charge < -0.3 is 10.2 Å². The molecule has 0 saturated heterocycles. The molecule has 92 valence electrons. The topological polar surface area (TPSA) is 144 Å². The lowest BCUT2D eigenvalue weighted by molar-refractivity contribution is -0.563. The Labute approximate surface area is 94.0 Å². The van der Waals surface area contributed by atoms with E-state index in [4.69, 9.17) is 5.11 Å². The van der Waals surface area contributed by atoms with E-state index >= 15 is 0 Å². The lowest BCUT2D eigenvalue weighted by Gasteiger charge is -2.25. The quantitative estimate of drug-likeness (QED) is 0.506. The molecule has 0 aromatic heterocycles. The van der Waals surface area contributed by atoms with Gasteiger partial charge in [-0.3, -0.25) is 20.2 Å². The van der Waals surface area contributed by atoms with Crippen molar-refractivity contribution < 1.29 is 24.9 Å². The van der Waals surface area contributed by atoms with Crippen molar-refractivity contribution in [3.8, 4) is 0 Å². The van der Waals surface area contributed by atoms with Crippen LogP contribution in [-0.4, -0.2) is 37.7 Å². The summed E-state index contributed by atoms with van der Waals surface area (Å²) in [4.78, 5) is 30.1. The summed E-state index contributed by atoms with van der Waals surface area (Å²) in [5, 5.41) is 39.6. The normalized spacial score (nSPS) is 28.0. The third-order valence-electron chi connectivity index (χ3n) is 2.44. The number of hydrogen-bond donors (Lipinski definition) is 2. The van der Waals surface area contributed by atoms with Crippen molar-refractivity contribution in [1.29, 1.82) is 0 Å². The molecule has 0 aromatic carbocycles. The second-order valence-electron chi connectivity index (χ2n) is 3.62. The molecule has 0 aromatic rings. The third-order valence-corrected chi connectivity index (χ3v) is 2.44. The Morgan fingerprint density at radius 2 is 2.00 bits per heavy atom. The molecule has 1 aliphatic carbocycles. The average molecular weight is 244 g/mol. The van der Waals surface area contributed by atoms with Crippen molar-refractivity contribution in [2.45, 2.75) is 18.6 Å². The molecule has 0 fully saturated rings. The molecule has 0 radical (unpaired) electrons. The summed E-state index contributed by atoms with van der Waals surface area (Å²) >= 11 is 0. The molecule has 9 heteroatoms. The van der Waals surface area contributed by atoms with E-state index in [2.05, 4.69) is 0 Å². The van der Waals surface area contributed by atoms with Crippen molar-refractivity contribution in [3.05, 3.63) is 43.7 Å². The SMILES string of the molecule is CC1([N+](=O)[O-])C=C([N+](=O)[O-])C=C(C(=O)O)C1O. The largest absolute Gasteiger partial charge is 0.478 e. The second kappa shape index (κ2) is 3.94. The molecule has 0 amide bonds. The predicted octanol–water partition coefficient (Wildman–Crippen LogP) is -0.432. The number of aliphatic hydroxyl groups excluding tert-OH is 1. The molecular weight excluding hydrogens is 236 g/mol. The van der Waals surface area contributed by atoms with Gasteiger partial charge in [0.05, 0.1) is 16.6 Å². The molecule has 0 aliphatic heterocycles. The van der Waals surface area contributed by atoms with Crippen LogP contribution in [0.15, 0.2) is 23.4 Å². The van der Waals surface area contributed by atoms with Crippen LogP contribution in [0.1, 0.15) is 6.92 Å². The molecule has 0 saturated carbocycles. The Bertz CT molecular complexity index is 466.